The van der Waals surface area contributed by atoms with Gasteiger partial charge in [-0.25, -0.2) is 0 Å². The van der Waals surface area contributed by atoms with Crippen LogP contribution in [-0.4, -0.2) is 38.0 Å². The molecule has 3 amide bonds. The number of amides is 3. The quantitative estimate of drug-likeness (QED) is 0.414. The molecule has 1 saturated heterocycles. The van der Waals surface area contributed by atoms with Crippen LogP contribution in [0.15, 0.2) is 72.8 Å². The van der Waals surface area contributed by atoms with Gasteiger partial charge < -0.3 is 25.0 Å². The van der Waals surface area contributed by atoms with Crippen molar-refractivity contribution in [2.45, 2.75) is 32.7 Å². The van der Waals surface area contributed by atoms with E-state index in [0.29, 0.717) is 41.9 Å². The summed E-state index contributed by atoms with van der Waals surface area (Å²) in [4.78, 5) is 39.2. The Balaban J connectivity index is 1.24. The lowest BCUT2D eigenvalue weighted by molar-refractivity contribution is -0.126. The van der Waals surface area contributed by atoms with Crippen LogP contribution < -0.4 is 25.0 Å². The van der Waals surface area contributed by atoms with Gasteiger partial charge in [-0.3, -0.25) is 14.4 Å². The molecule has 1 fully saturated rings. The van der Waals surface area contributed by atoms with E-state index in [1.807, 2.05) is 12.1 Å². The maximum absolute atomic E-state index is 12.7. The van der Waals surface area contributed by atoms with Gasteiger partial charge in [0.25, 0.3) is 5.91 Å². The first-order valence-electron chi connectivity index (χ1n) is 12.7. The van der Waals surface area contributed by atoms with Crippen LogP contribution in [0.4, 0.5) is 11.4 Å². The Morgan fingerprint density at radius 2 is 1.61 bits per heavy atom. The molecule has 8 nitrogen and oxygen atoms in total. The molecule has 0 aromatic heterocycles. The highest BCUT2D eigenvalue weighted by molar-refractivity contribution is 6.00. The summed E-state index contributed by atoms with van der Waals surface area (Å²) in [7, 11) is 1.58. The predicted octanol–water partition coefficient (Wildman–Crippen LogP) is 4.51. The number of rotatable bonds is 10. The van der Waals surface area contributed by atoms with E-state index in [1.54, 1.807) is 60.5 Å². The minimum Gasteiger partial charge on any atom is -0.497 e. The summed E-state index contributed by atoms with van der Waals surface area (Å²) in [5.74, 6) is 0.738. The van der Waals surface area contributed by atoms with E-state index in [1.165, 1.54) is 5.56 Å². The Morgan fingerprint density at radius 3 is 2.24 bits per heavy atom. The van der Waals surface area contributed by atoms with Crippen LogP contribution in [0.3, 0.4) is 0 Å². The number of hydrogen-bond donors (Lipinski definition) is 2. The normalized spacial score (nSPS) is 14.9. The second kappa shape index (κ2) is 12.3. The van der Waals surface area contributed by atoms with Gasteiger partial charge in [0.05, 0.1) is 13.0 Å². The average molecular weight is 516 g/mol. The minimum atomic E-state index is -0.407. The van der Waals surface area contributed by atoms with Crippen molar-refractivity contribution in [2.75, 3.05) is 30.5 Å². The Morgan fingerprint density at radius 1 is 0.947 bits per heavy atom. The first-order valence-corrected chi connectivity index (χ1v) is 12.7. The van der Waals surface area contributed by atoms with Crippen LogP contribution in [0.2, 0.25) is 0 Å². The Labute approximate surface area is 222 Å². The fourth-order valence-electron chi connectivity index (χ4n) is 4.23. The Hall–Kier alpha value is -4.33. The zero-order valence-electron chi connectivity index (χ0n) is 21.9. The van der Waals surface area contributed by atoms with E-state index >= 15 is 0 Å². The van der Waals surface area contributed by atoms with Gasteiger partial charge in [-0.1, -0.05) is 38.1 Å². The van der Waals surface area contributed by atoms with Gasteiger partial charge in [-0.2, -0.15) is 0 Å². The number of carbonyl (C=O) groups is 3. The van der Waals surface area contributed by atoms with E-state index in [9.17, 15) is 14.4 Å². The Kier molecular flexibility index (Phi) is 8.63. The van der Waals surface area contributed by atoms with Crippen molar-refractivity contribution in [1.82, 2.24) is 5.32 Å². The van der Waals surface area contributed by atoms with Crippen LogP contribution >= 0.6 is 0 Å². The predicted molar refractivity (Wildman–Crippen MR) is 146 cm³/mol. The zero-order valence-corrected chi connectivity index (χ0v) is 21.9. The van der Waals surface area contributed by atoms with Crippen molar-refractivity contribution < 1.29 is 23.9 Å². The summed E-state index contributed by atoms with van der Waals surface area (Å²) in [6, 6.07) is 22.1. The molecule has 3 aromatic carbocycles. The van der Waals surface area contributed by atoms with Crippen molar-refractivity contribution in [3.63, 3.8) is 0 Å². The summed E-state index contributed by atoms with van der Waals surface area (Å²) in [6.45, 7) is 4.88. The molecular formula is C30H33N3O5. The second-order valence-electron chi connectivity index (χ2n) is 9.58. The van der Waals surface area contributed by atoms with Gasteiger partial charge in [0, 0.05) is 30.9 Å². The lowest BCUT2D eigenvalue weighted by atomic mass is 10.0. The second-order valence-corrected chi connectivity index (χ2v) is 9.58. The number of methoxy groups -OCH3 is 1. The molecular weight excluding hydrogens is 482 g/mol. The molecule has 38 heavy (non-hydrogen) atoms. The van der Waals surface area contributed by atoms with Crippen molar-refractivity contribution in [1.29, 1.82) is 0 Å². The summed E-state index contributed by atoms with van der Waals surface area (Å²) >= 11 is 0. The van der Waals surface area contributed by atoms with Crippen LogP contribution in [0.1, 0.15) is 37.3 Å². The molecule has 0 aliphatic carbocycles. The van der Waals surface area contributed by atoms with Gasteiger partial charge in [-0.05, 0) is 65.6 Å². The number of carbonyl (C=O) groups excluding carboxylic acids is 3. The van der Waals surface area contributed by atoms with E-state index in [4.69, 9.17) is 9.47 Å². The van der Waals surface area contributed by atoms with Crippen LogP contribution in [-0.2, 0) is 20.9 Å². The number of benzene rings is 3. The summed E-state index contributed by atoms with van der Waals surface area (Å²) < 4.78 is 10.7. The molecule has 1 aliphatic heterocycles. The maximum Gasteiger partial charge on any atom is 0.262 e. The monoisotopic (exact) mass is 515 g/mol. The van der Waals surface area contributed by atoms with Gasteiger partial charge in [0.2, 0.25) is 11.8 Å². The van der Waals surface area contributed by atoms with Crippen molar-refractivity contribution in [3.05, 3.63) is 83.9 Å². The van der Waals surface area contributed by atoms with Crippen LogP contribution in [0.25, 0.3) is 0 Å². The number of anilines is 2. The van der Waals surface area contributed by atoms with Gasteiger partial charge in [0.15, 0.2) is 6.61 Å². The average Bonchev–Trinajstić information content (AvgIpc) is 3.33. The molecule has 1 aliphatic rings. The SMILES string of the molecule is COc1ccc(NC(=O)COc2ccc(N3C[C@@H](C(=O)NCc4ccc(C(C)C)cc4)CC3=O)cc2)cc1. The van der Waals surface area contributed by atoms with E-state index in [0.717, 1.165) is 5.56 Å². The molecule has 0 unspecified atom stereocenters. The largest absolute Gasteiger partial charge is 0.497 e. The Bertz CT molecular complexity index is 1250. The number of hydrogen-bond acceptors (Lipinski definition) is 5. The molecule has 4 rings (SSSR count). The van der Waals surface area contributed by atoms with Gasteiger partial charge in [0.1, 0.15) is 11.5 Å². The molecule has 0 bridgehead atoms. The van der Waals surface area contributed by atoms with Crippen molar-refractivity contribution >= 4 is 29.1 Å². The smallest absolute Gasteiger partial charge is 0.262 e. The fourth-order valence-corrected chi connectivity index (χ4v) is 4.23. The third kappa shape index (κ3) is 6.91. The summed E-state index contributed by atoms with van der Waals surface area (Å²) in [6.07, 6.45) is 0.169. The number of ether oxygens (including phenoxy) is 2. The molecule has 3 aromatic rings. The molecule has 1 atom stereocenters. The molecule has 0 radical (unpaired) electrons. The van der Waals surface area contributed by atoms with Gasteiger partial charge in [-0.15, -0.1) is 0 Å². The van der Waals surface area contributed by atoms with Crippen LogP contribution in [0, 0.1) is 5.92 Å². The molecule has 0 saturated carbocycles. The zero-order chi connectivity index (χ0) is 27.1. The number of nitrogens with one attached hydrogen (secondary N) is 2. The molecule has 8 heteroatoms. The summed E-state index contributed by atoms with van der Waals surface area (Å²) in [5, 5.41) is 5.72. The maximum atomic E-state index is 12.7. The first-order chi connectivity index (χ1) is 18.3. The lowest BCUT2D eigenvalue weighted by Crippen LogP contribution is -2.32. The molecule has 0 spiro atoms. The molecule has 1 heterocycles. The number of nitrogens with zero attached hydrogens (tertiary/aromatic N) is 1. The summed E-state index contributed by atoms with van der Waals surface area (Å²) in [5.41, 5.74) is 3.61. The van der Waals surface area contributed by atoms with Crippen LogP contribution in [0.5, 0.6) is 11.5 Å². The lowest BCUT2D eigenvalue weighted by Gasteiger charge is -2.17. The van der Waals surface area contributed by atoms with Crippen molar-refractivity contribution in [3.8, 4) is 11.5 Å². The minimum absolute atomic E-state index is 0.0982. The molecule has 198 valence electrons. The molecule has 2 N–H and O–H groups in total. The van der Waals surface area contributed by atoms with Gasteiger partial charge >= 0.3 is 0 Å². The van der Waals surface area contributed by atoms with Crippen molar-refractivity contribution in [2.24, 2.45) is 5.92 Å². The van der Waals surface area contributed by atoms with E-state index in [2.05, 4.69) is 36.6 Å². The van der Waals surface area contributed by atoms with E-state index < -0.39 is 5.92 Å². The van der Waals surface area contributed by atoms with E-state index in [-0.39, 0.29) is 30.7 Å². The third-order valence-corrected chi connectivity index (χ3v) is 6.50. The first kappa shape index (κ1) is 26.7. The highest BCUT2D eigenvalue weighted by Crippen LogP contribution is 2.27. The highest BCUT2D eigenvalue weighted by atomic mass is 16.5. The third-order valence-electron chi connectivity index (χ3n) is 6.50. The standard InChI is InChI=1S/C30H33N3O5/c1-20(2)22-6-4-21(5-7-22)17-31-30(36)23-16-29(35)33(18-23)25-10-14-27(15-11-25)38-19-28(34)32-24-8-12-26(37-3)13-9-24/h4-15,20,23H,16-19H2,1-3H3,(H,31,36)(H,32,34)/t23-/m0/s1. The fraction of sp³-hybridized carbons (Fsp3) is 0.300. The topological polar surface area (TPSA) is 97.0 Å². The highest BCUT2D eigenvalue weighted by Gasteiger charge is 2.35.